The fourth-order valence-corrected chi connectivity index (χ4v) is 2.79. The van der Waals surface area contributed by atoms with E-state index in [2.05, 4.69) is 14.9 Å². The summed E-state index contributed by atoms with van der Waals surface area (Å²) in [4.78, 5) is 9.90. The van der Waals surface area contributed by atoms with Gasteiger partial charge >= 0.3 is 0 Å². The van der Waals surface area contributed by atoms with Gasteiger partial charge < -0.3 is 0 Å². The average Bonchev–Trinajstić information content (AvgIpc) is 2.81. The van der Waals surface area contributed by atoms with Crippen molar-refractivity contribution in [2.75, 3.05) is 4.72 Å². The summed E-state index contributed by atoms with van der Waals surface area (Å²) < 4.78 is 26.5. The highest BCUT2D eigenvalue weighted by Gasteiger charge is 2.20. The minimum Gasteiger partial charge on any atom is -0.264 e. The Balaban J connectivity index is 2.45. The van der Waals surface area contributed by atoms with Crippen LogP contribution in [0.4, 0.5) is 11.5 Å². The van der Waals surface area contributed by atoms with Gasteiger partial charge in [-0.15, -0.1) is 0 Å². The van der Waals surface area contributed by atoms with Crippen molar-refractivity contribution in [3.05, 3.63) is 46.1 Å². The molecule has 2 N–H and O–H groups in total. The summed E-state index contributed by atoms with van der Waals surface area (Å²) >= 11 is 0. The summed E-state index contributed by atoms with van der Waals surface area (Å²) in [5, 5.41) is 16.7. The van der Waals surface area contributed by atoms with E-state index < -0.39 is 14.9 Å². The van der Waals surface area contributed by atoms with E-state index in [-0.39, 0.29) is 16.4 Å². The topological polar surface area (TPSA) is 118 Å². The second-order valence-electron chi connectivity index (χ2n) is 3.78. The number of hydrogen-bond acceptors (Lipinski definition) is 5. The number of anilines is 1. The molecule has 0 saturated carbocycles. The molecule has 0 aliphatic heterocycles. The first-order valence-electron chi connectivity index (χ1n) is 5.17. The van der Waals surface area contributed by atoms with Crippen molar-refractivity contribution in [3.8, 4) is 0 Å². The van der Waals surface area contributed by atoms with Crippen LogP contribution in [-0.2, 0) is 10.0 Å². The number of nitro groups is 1. The molecule has 0 radical (unpaired) electrons. The van der Waals surface area contributed by atoms with Crippen LogP contribution in [0.3, 0.4) is 0 Å². The highest BCUT2D eigenvalue weighted by molar-refractivity contribution is 7.92. The fraction of sp³-hybridized carbons (Fsp3) is 0.100. The summed E-state index contributed by atoms with van der Waals surface area (Å²) in [6.45, 7) is 1.56. The van der Waals surface area contributed by atoms with Crippen LogP contribution in [0, 0.1) is 17.0 Å². The van der Waals surface area contributed by atoms with Crippen molar-refractivity contribution in [1.29, 1.82) is 0 Å². The molecule has 0 amide bonds. The molecule has 1 aromatic heterocycles. The van der Waals surface area contributed by atoms with E-state index >= 15 is 0 Å². The van der Waals surface area contributed by atoms with Gasteiger partial charge in [-0.1, -0.05) is 6.07 Å². The number of nitrogens with zero attached hydrogens (tertiary/aromatic N) is 2. The molecule has 0 atom stereocenters. The molecule has 0 aliphatic carbocycles. The Kier molecular flexibility index (Phi) is 3.21. The van der Waals surface area contributed by atoms with Gasteiger partial charge in [-0.3, -0.25) is 19.9 Å². The Morgan fingerprint density at radius 3 is 2.68 bits per heavy atom. The van der Waals surface area contributed by atoms with Gasteiger partial charge in [0.25, 0.3) is 15.7 Å². The number of non-ortho nitro benzene ring substituents is 1. The first kappa shape index (κ1) is 13.0. The molecular weight excluding hydrogens is 272 g/mol. The molecular formula is C10H10N4O4S. The number of H-pyrrole nitrogens is 1. The van der Waals surface area contributed by atoms with Gasteiger partial charge in [0.2, 0.25) is 0 Å². The number of rotatable bonds is 4. The van der Waals surface area contributed by atoms with Crippen LogP contribution in [0.15, 0.2) is 35.4 Å². The maximum absolute atomic E-state index is 12.1. The van der Waals surface area contributed by atoms with Crippen LogP contribution in [-0.4, -0.2) is 23.5 Å². The van der Waals surface area contributed by atoms with Gasteiger partial charge in [0.15, 0.2) is 0 Å². The van der Waals surface area contributed by atoms with Crippen molar-refractivity contribution in [1.82, 2.24) is 10.2 Å². The lowest BCUT2D eigenvalue weighted by molar-refractivity contribution is -0.385. The largest absolute Gasteiger partial charge is 0.270 e. The molecule has 1 aromatic carbocycles. The average molecular weight is 282 g/mol. The van der Waals surface area contributed by atoms with Crippen molar-refractivity contribution < 1.29 is 13.3 Å². The van der Waals surface area contributed by atoms with E-state index in [0.29, 0.717) is 5.56 Å². The summed E-state index contributed by atoms with van der Waals surface area (Å²) in [7, 11) is -3.90. The van der Waals surface area contributed by atoms with E-state index in [1.165, 1.54) is 24.4 Å². The zero-order valence-electron chi connectivity index (χ0n) is 9.82. The minimum atomic E-state index is -3.90. The number of nitro benzene ring substituents is 1. The van der Waals surface area contributed by atoms with Crippen molar-refractivity contribution in [2.24, 2.45) is 0 Å². The number of nitrogens with one attached hydrogen (secondary N) is 2. The number of hydrogen-bond donors (Lipinski definition) is 2. The third-order valence-electron chi connectivity index (χ3n) is 2.42. The highest BCUT2D eigenvalue weighted by Crippen LogP contribution is 2.23. The molecule has 0 saturated heterocycles. The van der Waals surface area contributed by atoms with Crippen LogP contribution in [0.5, 0.6) is 0 Å². The number of aromatic amines is 1. The van der Waals surface area contributed by atoms with E-state index in [9.17, 15) is 18.5 Å². The van der Waals surface area contributed by atoms with Crippen LogP contribution >= 0.6 is 0 Å². The van der Waals surface area contributed by atoms with E-state index in [1.807, 2.05) is 0 Å². The summed E-state index contributed by atoms with van der Waals surface area (Å²) in [6, 6.07) is 5.10. The maximum Gasteiger partial charge on any atom is 0.270 e. The number of aryl methyl sites for hydroxylation is 1. The second kappa shape index (κ2) is 4.69. The third-order valence-corrected chi connectivity index (χ3v) is 3.92. The first-order chi connectivity index (χ1) is 8.90. The minimum absolute atomic E-state index is 0.142. The lowest BCUT2D eigenvalue weighted by Crippen LogP contribution is -2.14. The van der Waals surface area contributed by atoms with Gasteiger partial charge in [0, 0.05) is 18.2 Å². The van der Waals surface area contributed by atoms with E-state index in [4.69, 9.17) is 0 Å². The molecule has 1 heterocycles. The zero-order valence-corrected chi connectivity index (χ0v) is 10.6. The summed E-state index contributed by atoms with van der Waals surface area (Å²) in [6.07, 6.45) is 1.39. The van der Waals surface area contributed by atoms with Crippen LogP contribution in [0.2, 0.25) is 0 Å². The molecule has 0 fully saturated rings. The van der Waals surface area contributed by atoms with E-state index in [1.54, 1.807) is 6.92 Å². The molecule has 0 bridgehead atoms. The Morgan fingerprint density at radius 2 is 2.11 bits per heavy atom. The molecule has 19 heavy (non-hydrogen) atoms. The Morgan fingerprint density at radius 1 is 1.37 bits per heavy atom. The van der Waals surface area contributed by atoms with Crippen LogP contribution < -0.4 is 4.72 Å². The van der Waals surface area contributed by atoms with Gasteiger partial charge in [0.05, 0.1) is 16.0 Å². The molecule has 2 rings (SSSR count). The van der Waals surface area contributed by atoms with Gasteiger partial charge in [-0.05, 0) is 12.5 Å². The lowest BCUT2D eigenvalue weighted by atomic mass is 10.2. The first-order valence-corrected chi connectivity index (χ1v) is 6.66. The zero-order chi connectivity index (χ0) is 14.0. The fourth-order valence-electron chi connectivity index (χ4n) is 1.50. The lowest BCUT2D eigenvalue weighted by Gasteiger charge is -2.08. The van der Waals surface area contributed by atoms with Crippen LogP contribution in [0.1, 0.15) is 5.56 Å². The molecule has 0 unspecified atom stereocenters. The SMILES string of the molecule is Cc1ccc([N+](=O)[O-])cc1S(=O)(=O)Nc1ccn[nH]1. The summed E-state index contributed by atoms with van der Waals surface area (Å²) in [5.74, 6) is 0.186. The predicted molar refractivity (Wildman–Crippen MR) is 67.2 cm³/mol. The molecule has 8 nitrogen and oxygen atoms in total. The second-order valence-corrected chi connectivity index (χ2v) is 5.43. The van der Waals surface area contributed by atoms with Crippen molar-refractivity contribution in [2.45, 2.75) is 11.8 Å². The van der Waals surface area contributed by atoms with Gasteiger partial charge in [-0.25, -0.2) is 8.42 Å². The molecule has 100 valence electrons. The number of benzene rings is 1. The van der Waals surface area contributed by atoms with Crippen molar-refractivity contribution >= 4 is 21.5 Å². The van der Waals surface area contributed by atoms with E-state index in [0.717, 1.165) is 6.07 Å². The molecule has 2 aromatic rings. The number of aromatic nitrogens is 2. The molecule has 0 aliphatic rings. The smallest absolute Gasteiger partial charge is 0.264 e. The third kappa shape index (κ3) is 2.71. The Labute approximate surface area is 108 Å². The van der Waals surface area contributed by atoms with Crippen LogP contribution in [0.25, 0.3) is 0 Å². The molecule has 0 spiro atoms. The van der Waals surface area contributed by atoms with Gasteiger partial charge in [0.1, 0.15) is 5.82 Å². The predicted octanol–water partition coefficient (Wildman–Crippen LogP) is 1.43. The standard InChI is InChI=1S/C10H10N4O4S/c1-7-2-3-8(14(15)16)6-9(7)19(17,18)13-10-4-5-11-12-10/h2-6H,1H3,(H2,11,12,13). The Bertz CT molecular complexity index is 709. The normalized spacial score (nSPS) is 11.2. The monoisotopic (exact) mass is 282 g/mol. The Hall–Kier alpha value is -2.42. The van der Waals surface area contributed by atoms with Gasteiger partial charge in [-0.2, -0.15) is 5.10 Å². The summed E-state index contributed by atoms with van der Waals surface area (Å²) in [5.41, 5.74) is 0.133. The quantitative estimate of drug-likeness (QED) is 0.649. The highest BCUT2D eigenvalue weighted by atomic mass is 32.2. The van der Waals surface area contributed by atoms with Crippen molar-refractivity contribution in [3.63, 3.8) is 0 Å². The maximum atomic E-state index is 12.1. The number of sulfonamides is 1. The molecule has 9 heteroatoms.